The molecule has 0 aliphatic carbocycles. The molecule has 2 aromatic rings. The third-order valence-corrected chi connectivity index (χ3v) is 5.72. The molecule has 8 heteroatoms. The highest BCUT2D eigenvalue weighted by Crippen LogP contribution is 2.30. The minimum absolute atomic E-state index is 0.297. The normalized spacial score (nSPS) is 18.3. The van der Waals surface area contributed by atoms with Crippen LogP contribution in [0.4, 0.5) is 4.79 Å². The maximum atomic E-state index is 13.0. The van der Waals surface area contributed by atoms with E-state index in [9.17, 15) is 14.4 Å². The molecule has 0 saturated carbocycles. The number of nitrogens with zero attached hydrogens (tertiary/aromatic N) is 2. The van der Waals surface area contributed by atoms with Gasteiger partial charge in [0.25, 0.3) is 5.91 Å². The first kappa shape index (κ1) is 21.8. The Balaban J connectivity index is 1.59. The van der Waals surface area contributed by atoms with Gasteiger partial charge in [-0.25, -0.2) is 4.79 Å². The molecule has 1 heterocycles. The van der Waals surface area contributed by atoms with E-state index >= 15 is 0 Å². The lowest BCUT2D eigenvalue weighted by molar-refractivity contribution is -0.138. The van der Waals surface area contributed by atoms with E-state index in [0.29, 0.717) is 18.9 Å². The van der Waals surface area contributed by atoms with Gasteiger partial charge in [0, 0.05) is 11.5 Å². The van der Waals surface area contributed by atoms with Crippen molar-refractivity contribution < 1.29 is 19.1 Å². The maximum Gasteiger partial charge on any atom is 0.325 e. The molecular weight excluding hydrogens is 450 g/mol. The van der Waals surface area contributed by atoms with Gasteiger partial charge >= 0.3 is 6.03 Å². The number of benzene rings is 2. The van der Waals surface area contributed by atoms with Crippen LogP contribution in [-0.2, 0) is 15.1 Å². The molecule has 1 aliphatic heterocycles. The van der Waals surface area contributed by atoms with Crippen molar-refractivity contribution in [2.24, 2.45) is 0 Å². The lowest BCUT2D eigenvalue weighted by Crippen LogP contribution is -2.44. The van der Waals surface area contributed by atoms with Gasteiger partial charge in [0.15, 0.2) is 0 Å². The Hall–Kier alpha value is -2.87. The molecule has 0 bridgehead atoms. The van der Waals surface area contributed by atoms with Crippen molar-refractivity contribution in [3.8, 4) is 5.75 Å². The average Bonchev–Trinajstić information content (AvgIpc) is 2.93. The Morgan fingerprint density at radius 1 is 1.17 bits per heavy atom. The molecule has 1 saturated heterocycles. The number of hydrogen-bond donors (Lipinski definition) is 1. The highest BCUT2D eigenvalue weighted by Gasteiger charge is 2.50. The molecule has 0 spiro atoms. The van der Waals surface area contributed by atoms with E-state index < -0.39 is 17.5 Å². The van der Waals surface area contributed by atoms with E-state index in [1.54, 1.807) is 14.0 Å². The number of nitrogens with one attached hydrogen (secondary N) is 1. The monoisotopic (exact) mass is 473 g/mol. The summed E-state index contributed by atoms with van der Waals surface area (Å²) in [5.41, 5.74) is 0.421. The molecule has 0 aromatic heterocycles. The number of amides is 4. The largest absolute Gasteiger partial charge is 0.492 e. The summed E-state index contributed by atoms with van der Waals surface area (Å²) in [7, 11) is 1.62. The second kappa shape index (κ2) is 8.87. The van der Waals surface area contributed by atoms with E-state index in [0.717, 1.165) is 20.5 Å². The van der Waals surface area contributed by atoms with Crippen molar-refractivity contribution >= 4 is 33.8 Å². The number of carbonyl (C=O) groups is 3. The Morgan fingerprint density at radius 2 is 1.83 bits per heavy atom. The summed E-state index contributed by atoms with van der Waals surface area (Å²) < 4.78 is 6.58. The fourth-order valence-corrected chi connectivity index (χ4v) is 3.63. The predicted molar refractivity (Wildman–Crippen MR) is 116 cm³/mol. The zero-order valence-electron chi connectivity index (χ0n) is 17.1. The number of likely N-dealkylation sites (N-methyl/N-ethyl adjacent to an activating group) is 1. The standard InChI is InChI=1S/C22H24BrN3O4/c1-15-6-4-5-7-18(15)22(2)20(28)26(21(29)24-22)14-19(27)25(3)12-13-30-17-10-8-16(23)9-11-17/h4-11H,12-14H2,1-3H3,(H,24,29). The molecule has 1 fully saturated rings. The van der Waals surface area contributed by atoms with Crippen molar-refractivity contribution in [2.45, 2.75) is 19.4 Å². The molecule has 1 aliphatic rings. The van der Waals surface area contributed by atoms with E-state index in [1.165, 1.54) is 4.90 Å². The molecule has 30 heavy (non-hydrogen) atoms. The number of carbonyl (C=O) groups excluding carboxylic acids is 3. The van der Waals surface area contributed by atoms with Crippen LogP contribution < -0.4 is 10.1 Å². The second-order valence-corrected chi connectivity index (χ2v) is 8.29. The smallest absolute Gasteiger partial charge is 0.325 e. The molecule has 158 valence electrons. The third kappa shape index (κ3) is 4.48. The third-order valence-electron chi connectivity index (χ3n) is 5.19. The zero-order valence-corrected chi connectivity index (χ0v) is 18.7. The number of ether oxygens (including phenoxy) is 1. The molecule has 2 aromatic carbocycles. The van der Waals surface area contributed by atoms with Crippen LogP contribution in [0.3, 0.4) is 0 Å². The molecule has 1 N–H and O–H groups in total. The van der Waals surface area contributed by atoms with Crippen LogP contribution in [-0.4, -0.2) is 54.4 Å². The molecular formula is C22H24BrN3O4. The van der Waals surface area contributed by atoms with E-state index in [1.807, 2.05) is 55.5 Å². The van der Waals surface area contributed by atoms with Crippen molar-refractivity contribution in [1.29, 1.82) is 0 Å². The van der Waals surface area contributed by atoms with E-state index in [-0.39, 0.29) is 12.5 Å². The molecule has 1 atom stereocenters. The van der Waals surface area contributed by atoms with Gasteiger partial charge in [0.05, 0.1) is 6.54 Å². The molecule has 7 nitrogen and oxygen atoms in total. The van der Waals surface area contributed by atoms with Crippen molar-refractivity contribution in [2.75, 3.05) is 26.7 Å². The highest BCUT2D eigenvalue weighted by molar-refractivity contribution is 9.10. The molecule has 1 unspecified atom stereocenters. The zero-order chi connectivity index (χ0) is 21.9. The average molecular weight is 474 g/mol. The highest BCUT2D eigenvalue weighted by atomic mass is 79.9. The van der Waals surface area contributed by atoms with Crippen molar-refractivity contribution in [1.82, 2.24) is 15.1 Å². The Kier molecular flexibility index (Phi) is 6.45. The first-order chi connectivity index (χ1) is 14.2. The second-order valence-electron chi connectivity index (χ2n) is 7.38. The Bertz CT molecular complexity index is 963. The first-order valence-corrected chi connectivity index (χ1v) is 10.3. The summed E-state index contributed by atoms with van der Waals surface area (Å²) in [4.78, 5) is 40.5. The lowest BCUT2D eigenvalue weighted by atomic mass is 9.88. The first-order valence-electron chi connectivity index (χ1n) is 9.55. The number of imide groups is 1. The van der Waals surface area contributed by atoms with Crippen LogP contribution in [0.2, 0.25) is 0 Å². The van der Waals surface area contributed by atoms with Gasteiger partial charge < -0.3 is 15.0 Å². The summed E-state index contributed by atoms with van der Waals surface area (Å²) in [6.45, 7) is 3.85. The van der Waals surface area contributed by atoms with Crippen LogP contribution in [0.25, 0.3) is 0 Å². The number of halogens is 1. The molecule has 0 radical (unpaired) electrons. The number of urea groups is 1. The fraction of sp³-hybridized carbons (Fsp3) is 0.318. The topological polar surface area (TPSA) is 79.0 Å². The van der Waals surface area contributed by atoms with Crippen LogP contribution in [0.1, 0.15) is 18.1 Å². The minimum Gasteiger partial charge on any atom is -0.492 e. The van der Waals surface area contributed by atoms with Crippen LogP contribution in [0.15, 0.2) is 53.0 Å². The summed E-state index contributed by atoms with van der Waals surface area (Å²) in [5, 5.41) is 2.74. The summed E-state index contributed by atoms with van der Waals surface area (Å²) >= 11 is 3.36. The number of rotatable bonds is 7. The quantitative estimate of drug-likeness (QED) is 0.626. The fourth-order valence-electron chi connectivity index (χ4n) is 3.37. The van der Waals surface area contributed by atoms with Crippen molar-refractivity contribution in [3.63, 3.8) is 0 Å². The summed E-state index contributed by atoms with van der Waals surface area (Å²) in [5.74, 6) is -0.0799. The lowest BCUT2D eigenvalue weighted by Gasteiger charge is -2.24. The maximum absolute atomic E-state index is 13.0. The molecule has 4 amide bonds. The predicted octanol–water partition coefficient (Wildman–Crippen LogP) is 3.06. The molecule has 3 rings (SSSR count). The van der Waals surface area contributed by atoms with Crippen LogP contribution in [0, 0.1) is 6.92 Å². The van der Waals surface area contributed by atoms with Crippen LogP contribution in [0.5, 0.6) is 5.75 Å². The van der Waals surface area contributed by atoms with Crippen LogP contribution >= 0.6 is 15.9 Å². The van der Waals surface area contributed by atoms with Gasteiger partial charge in [-0.15, -0.1) is 0 Å². The SMILES string of the molecule is Cc1ccccc1C1(C)NC(=O)N(CC(=O)N(C)CCOc2ccc(Br)cc2)C1=O. The van der Waals surface area contributed by atoms with Gasteiger partial charge in [-0.2, -0.15) is 0 Å². The number of hydrogen-bond acceptors (Lipinski definition) is 4. The van der Waals surface area contributed by atoms with E-state index in [2.05, 4.69) is 21.2 Å². The summed E-state index contributed by atoms with van der Waals surface area (Å²) in [6.07, 6.45) is 0. The van der Waals surface area contributed by atoms with Gasteiger partial charge in [0.2, 0.25) is 5.91 Å². The van der Waals surface area contributed by atoms with Crippen molar-refractivity contribution in [3.05, 3.63) is 64.1 Å². The Labute approximate surface area is 184 Å². The van der Waals surface area contributed by atoms with Gasteiger partial charge in [-0.1, -0.05) is 40.2 Å². The number of aryl methyl sites for hydroxylation is 1. The van der Waals surface area contributed by atoms with Gasteiger partial charge in [0.1, 0.15) is 24.4 Å². The van der Waals surface area contributed by atoms with Gasteiger partial charge in [-0.3, -0.25) is 14.5 Å². The minimum atomic E-state index is -1.19. The van der Waals surface area contributed by atoms with Gasteiger partial charge in [-0.05, 0) is 49.2 Å². The summed E-state index contributed by atoms with van der Waals surface area (Å²) in [6, 6.07) is 14.2. The Morgan fingerprint density at radius 3 is 2.50 bits per heavy atom. The van der Waals surface area contributed by atoms with E-state index in [4.69, 9.17) is 4.74 Å².